The van der Waals surface area contributed by atoms with Crippen LogP contribution in [0.15, 0.2) is 29.2 Å². The van der Waals surface area contributed by atoms with Crippen molar-refractivity contribution in [3.8, 4) is 6.07 Å². The van der Waals surface area contributed by atoms with Gasteiger partial charge in [0.1, 0.15) is 5.54 Å². The summed E-state index contributed by atoms with van der Waals surface area (Å²) in [5, 5.41) is 10.2. The number of sulfonamides is 1. The fraction of sp³-hybridized carbons (Fsp3) is 0.692. The van der Waals surface area contributed by atoms with Crippen molar-refractivity contribution in [1.29, 1.82) is 5.26 Å². The zero-order valence-corrected chi connectivity index (χ0v) is 23.8. The summed E-state index contributed by atoms with van der Waals surface area (Å²) in [5.41, 5.74) is 0.0833. The van der Waals surface area contributed by atoms with Crippen LogP contribution in [0.1, 0.15) is 39.2 Å². The summed E-state index contributed by atoms with van der Waals surface area (Å²) in [6.07, 6.45) is 0.192. The van der Waals surface area contributed by atoms with Gasteiger partial charge in [0.15, 0.2) is 14.4 Å². The third-order valence-electron chi connectivity index (χ3n) is 9.60. The van der Waals surface area contributed by atoms with Crippen molar-refractivity contribution in [1.82, 2.24) is 9.21 Å². The van der Waals surface area contributed by atoms with Crippen LogP contribution in [0.3, 0.4) is 0 Å². The Morgan fingerprint density at radius 2 is 1.92 bits per heavy atom. The van der Waals surface area contributed by atoms with E-state index in [0.717, 1.165) is 5.56 Å². The van der Waals surface area contributed by atoms with Crippen LogP contribution >= 0.6 is 0 Å². The van der Waals surface area contributed by atoms with Crippen LogP contribution in [0.4, 0.5) is 4.79 Å². The SMILES string of the molecule is Cc1ccc(S(=O)(=O)N2CC[C@@H]3[C@H]4C[C@H](C#N)[C@H]2[C@]32[C@@H](CO[Si](C)(C)C(C)(C)C)OC(=O)N2C4)cc1. The number of aryl methyl sites for hydroxylation is 1. The molecule has 4 fully saturated rings. The van der Waals surface area contributed by atoms with E-state index in [-0.39, 0.29) is 28.4 Å². The Balaban J connectivity index is 1.59. The van der Waals surface area contributed by atoms with Crippen LogP contribution in [0.5, 0.6) is 0 Å². The molecule has 6 atom stereocenters. The highest BCUT2D eigenvalue weighted by Gasteiger charge is 2.75. The minimum atomic E-state index is -3.89. The molecule has 1 aromatic carbocycles. The summed E-state index contributed by atoms with van der Waals surface area (Å²) in [7, 11) is -6.05. The van der Waals surface area contributed by atoms with E-state index < -0.39 is 48.0 Å². The molecule has 10 heteroatoms. The van der Waals surface area contributed by atoms with Gasteiger partial charge in [-0.3, -0.25) is 4.90 Å². The van der Waals surface area contributed by atoms with E-state index in [1.54, 1.807) is 29.2 Å². The molecule has 3 aliphatic heterocycles. The summed E-state index contributed by atoms with van der Waals surface area (Å²) in [5.74, 6) is -0.281. The number of piperidine rings is 1. The molecule has 196 valence electrons. The molecule has 0 N–H and O–H groups in total. The highest BCUT2D eigenvalue weighted by atomic mass is 32.2. The van der Waals surface area contributed by atoms with Crippen molar-refractivity contribution >= 4 is 24.4 Å². The minimum Gasteiger partial charge on any atom is -0.441 e. The summed E-state index contributed by atoms with van der Waals surface area (Å²) in [6, 6.07) is 8.59. The Bertz CT molecular complexity index is 1210. The zero-order valence-electron chi connectivity index (χ0n) is 22.0. The number of hydrogen-bond donors (Lipinski definition) is 0. The summed E-state index contributed by atoms with van der Waals surface area (Å²) in [6.45, 7) is 13.8. The van der Waals surface area contributed by atoms with Crippen molar-refractivity contribution in [2.45, 2.75) is 81.2 Å². The van der Waals surface area contributed by atoms with Gasteiger partial charge in [-0.1, -0.05) is 38.5 Å². The van der Waals surface area contributed by atoms with E-state index >= 15 is 0 Å². The highest BCUT2D eigenvalue weighted by molar-refractivity contribution is 7.89. The molecule has 1 spiro atoms. The number of carbonyl (C=O) groups is 1. The number of nitriles is 1. The maximum Gasteiger partial charge on any atom is 0.410 e. The predicted molar refractivity (Wildman–Crippen MR) is 137 cm³/mol. The van der Waals surface area contributed by atoms with Gasteiger partial charge in [0.2, 0.25) is 10.0 Å². The number of carbonyl (C=O) groups excluding carboxylic acids is 1. The van der Waals surface area contributed by atoms with Gasteiger partial charge in [0.25, 0.3) is 0 Å². The molecule has 0 unspecified atom stereocenters. The molecule has 1 saturated carbocycles. The zero-order chi connectivity index (χ0) is 26.3. The lowest BCUT2D eigenvalue weighted by molar-refractivity contribution is -0.0714. The Morgan fingerprint density at radius 1 is 1.25 bits per heavy atom. The molecular weight excluding hydrogens is 494 g/mol. The standard InChI is InChI=1S/C26H37N3O5SSi/c1-17-7-9-20(10-8-17)35(31,32)29-12-11-21-19-13-18(14-27)23(29)26(21)22(34-24(30)28(26)15-19)16-33-36(5,6)25(2,3)4/h7-10,18-19,21-23H,11-13,15-16H2,1-6H3/t18-,19+,21-,22-,23+,26-/m1/s1. The van der Waals surface area contributed by atoms with E-state index in [2.05, 4.69) is 39.9 Å². The van der Waals surface area contributed by atoms with E-state index in [4.69, 9.17) is 9.16 Å². The highest BCUT2D eigenvalue weighted by Crippen LogP contribution is 2.61. The smallest absolute Gasteiger partial charge is 0.410 e. The number of hydrogen-bond acceptors (Lipinski definition) is 6. The summed E-state index contributed by atoms with van der Waals surface area (Å²) >= 11 is 0. The van der Waals surface area contributed by atoms with Crippen LogP contribution in [0.2, 0.25) is 18.1 Å². The van der Waals surface area contributed by atoms with E-state index in [9.17, 15) is 18.5 Å². The van der Waals surface area contributed by atoms with Crippen molar-refractivity contribution < 1.29 is 22.4 Å². The van der Waals surface area contributed by atoms with Crippen molar-refractivity contribution in [2.24, 2.45) is 17.8 Å². The van der Waals surface area contributed by atoms with Crippen LogP contribution in [0, 0.1) is 36.0 Å². The van der Waals surface area contributed by atoms with Crippen LogP contribution < -0.4 is 0 Å². The molecule has 36 heavy (non-hydrogen) atoms. The molecule has 1 amide bonds. The normalized spacial score (nSPS) is 34.3. The van der Waals surface area contributed by atoms with Gasteiger partial charge in [-0.05, 0) is 61.9 Å². The van der Waals surface area contributed by atoms with Gasteiger partial charge >= 0.3 is 6.09 Å². The lowest BCUT2D eigenvalue weighted by atomic mass is 9.59. The van der Waals surface area contributed by atoms with Crippen molar-refractivity contribution in [3.05, 3.63) is 29.8 Å². The van der Waals surface area contributed by atoms with E-state index in [1.165, 1.54) is 4.31 Å². The Kier molecular flexibility index (Phi) is 5.92. The Hall–Kier alpha value is -1.93. The monoisotopic (exact) mass is 531 g/mol. The second kappa shape index (κ2) is 8.28. The quantitative estimate of drug-likeness (QED) is 0.530. The fourth-order valence-electron chi connectivity index (χ4n) is 6.82. The minimum absolute atomic E-state index is 0.0242. The summed E-state index contributed by atoms with van der Waals surface area (Å²) < 4.78 is 42.1. The second-order valence-corrected chi connectivity index (χ2v) is 19.1. The molecule has 4 aliphatic rings. The third kappa shape index (κ3) is 3.50. The molecule has 5 rings (SSSR count). The Morgan fingerprint density at radius 3 is 2.53 bits per heavy atom. The van der Waals surface area contributed by atoms with Crippen LogP contribution in [-0.4, -0.2) is 69.4 Å². The molecule has 0 radical (unpaired) electrons. The fourth-order valence-corrected chi connectivity index (χ4v) is 9.53. The van der Waals surface area contributed by atoms with Crippen molar-refractivity contribution in [3.63, 3.8) is 0 Å². The average molecular weight is 532 g/mol. The van der Waals surface area contributed by atoms with E-state index in [0.29, 0.717) is 25.9 Å². The largest absolute Gasteiger partial charge is 0.441 e. The Labute approximate surface area is 215 Å². The number of ether oxygens (including phenoxy) is 1. The molecule has 4 bridgehead atoms. The second-order valence-electron chi connectivity index (χ2n) is 12.4. The van der Waals surface area contributed by atoms with Gasteiger partial charge in [-0.15, -0.1) is 0 Å². The molecule has 1 aliphatic carbocycles. The lowest BCUT2D eigenvalue weighted by Crippen LogP contribution is -2.73. The first-order valence-corrected chi connectivity index (χ1v) is 17.2. The predicted octanol–water partition coefficient (Wildman–Crippen LogP) is 4.13. The molecule has 3 saturated heterocycles. The third-order valence-corrected chi connectivity index (χ3v) is 16.0. The topological polar surface area (TPSA) is 99.9 Å². The first-order valence-electron chi connectivity index (χ1n) is 12.9. The number of amides is 1. The van der Waals surface area contributed by atoms with Gasteiger partial charge in [-0.2, -0.15) is 9.57 Å². The maximum atomic E-state index is 14.0. The van der Waals surface area contributed by atoms with E-state index in [1.807, 2.05) is 6.92 Å². The van der Waals surface area contributed by atoms with Crippen LogP contribution in [0.25, 0.3) is 0 Å². The molecule has 1 aromatic rings. The lowest BCUT2D eigenvalue weighted by Gasteiger charge is -2.56. The first kappa shape index (κ1) is 25.7. The molecule has 8 nitrogen and oxygen atoms in total. The average Bonchev–Trinajstić information content (AvgIpc) is 3.19. The first-order chi connectivity index (χ1) is 16.7. The van der Waals surface area contributed by atoms with Gasteiger partial charge < -0.3 is 9.16 Å². The maximum absolute atomic E-state index is 14.0. The van der Waals surface area contributed by atoms with Crippen LogP contribution in [-0.2, 0) is 19.2 Å². The molecule has 0 aromatic heterocycles. The number of nitrogens with zero attached hydrogens (tertiary/aromatic N) is 3. The van der Waals surface area contributed by atoms with Crippen molar-refractivity contribution in [2.75, 3.05) is 19.7 Å². The van der Waals surface area contributed by atoms with Gasteiger partial charge in [0.05, 0.1) is 29.5 Å². The molecule has 3 heterocycles. The van der Waals surface area contributed by atoms with Gasteiger partial charge in [0, 0.05) is 13.1 Å². The number of benzene rings is 1. The summed E-state index contributed by atoms with van der Waals surface area (Å²) in [4.78, 5) is 15.2. The number of cyclic esters (lactones) is 1. The number of rotatable bonds is 5. The van der Waals surface area contributed by atoms with Gasteiger partial charge in [-0.25, -0.2) is 13.2 Å². The molecular formula is C26H37N3O5SSi.